The number of sulfonamides is 1. The highest BCUT2D eigenvalue weighted by Crippen LogP contribution is 2.44. The molecule has 0 aromatic rings. The van der Waals surface area contributed by atoms with Crippen LogP contribution in [0.1, 0.15) is 45.4 Å². The molecule has 3 rings (SSSR count). The van der Waals surface area contributed by atoms with Gasteiger partial charge in [-0.1, -0.05) is 6.92 Å². The average molecular weight is 372 g/mol. The lowest BCUT2D eigenvalue weighted by Gasteiger charge is -2.27. The Morgan fingerprint density at radius 3 is 2.28 bits per heavy atom. The summed E-state index contributed by atoms with van der Waals surface area (Å²) in [6.45, 7) is 2.67. The third-order valence-corrected chi connectivity index (χ3v) is 7.26. The summed E-state index contributed by atoms with van der Waals surface area (Å²) in [5, 5.41) is 9.36. The number of carboxylic acid groups (broad SMARTS) is 1. The zero-order chi connectivity index (χ0) is 18.2. The van der Waals surface area contributed by atoms with Crippen LogP contribution in [0, 0.1) is 23.7 Å². The van der Waals surface area contributed by atoms with Gasteiger partial charge in [0.1, 0.15) is 5.75 Å². The van der Waals surface area contributed by atoms with Crippen LogP contribution in [-0.2, 0) is 19.6 Å². The lowest BCUT2D eigenvalue weighted by atomic mass is 9.88. The van der Waals surface area contributed by atoms with Gasteiger partial charge in [-0.3, -0.25) is 9.59 Å². The summed E-state index contributed by atoms with van der Waals surface area (Å²) in [5.74, 6) is -1.54. The lowest BCUT2D eigenvalue weighted by molar-refractivity contribution is -0.142. The first-order valence-electron chi connectivity index (χ1n) is 9.25. The van der Waals surface area contributed by atoms with E-state index in [1.54, 1.807) is 0 Å². The van der Waals surface area contributed by atoms with Crippen molar-refractivity contribution in [3.05, 3.63) is 0 Å². The van der Waals surface area contributed by atoms with E-state index in [1.165, 1.54) is 4.90 Å². The summed E-state index contributed by atoms with van der Waals surface area (Å²) in [4.78, 5) is 25.3. The van der Waals surface area contributed by atoms with E-state index in [0.29, 0.717) is 18.4 Å². The van der Waals surface area contributed by atoms with E-state index in [0.717, 1.165) is 38.5 Å². The minimum Gasteiger partial charge on any atom is -0.481 e. The molecular formula is C17H28N2O5S. The van der Waals surface area contributed by atoms with Gasteiger partial charge in [0.2, 0.25) is 15.9 Å². The normalized spacial score (nSPS) is 33.4. The molecular weight excluding hydrogens is 344 g/mol. The van der Waals surface area contributed by atoms with Crippen molar-refractivity contribution in [1.29, 1.82) is 0 Å². The number of nitrogens with zero attached hydrogens (tertiary/aromatic N) is 1. The SMILES string of the molecule is CC1CCC(NS(=O)(=O)CC(=O)N2C[C@H](C(=O)O)[C@@H](C3CC3)C2)CC1. The Morgan fingerprint density at radius 1 is 1.08 bits per heavy atom. The van der Waals surface area contributed by atoms with E-state index in [4.69, 9.17) is 0 Å². The van der Waals surface area contributed by atoms with Crippen molar-refractivity contribution < 1.29 is 23.1 Å². The number of amides is 1. The molecule has 1 saturated heterocycles. The summed E-state index contributed by atoms with van der Waals surface area (Å²) in [6, 6.07) is -0.0847. The van der Waals surface area contributed by atoms with Gasteiger partial charge in [0.05, 0.1) is 5.92 Å². The molecule has 2 N–H and O–H groups in total. The number of carboxylic acids is 1. The zero-order valence-corrected chi connectivity index (χ0v) is 15.5. The van der Waals surface area contributed by atoms with Crippen LogP contribution >= 0.6 is 0 Å². The highest BCUT2D eigenvalue weighted by Gasteiger charge is 2.47. The molecule has 0 unspecified atom stereocenters. The molecule has 25 heavy (non-hydrogen) atoms. The molecule has 1 heterocycles. The molecule has 2 atom stereocenters. The Bertz CT molecular complexity index is 623. The highest BCUT2D eigenvalue weighted by molar-refractivity contribution is 7.90. The topological polar surface area (TPSA) is 104 Å². The van der Waals surface area contributed by atoms with Crippen molar-refractivity contribution in [2.75, 3.05) is 18.8 Å². The number of nitrogens with one attached hydrogen (secondary N) is 1. The maximum absolute atomic E-state index is 12.4. The van der Waals surface area contributed by atoms with Crippen LogP contribution in [0.5, 0.6) is 0 Å². The van der Waals surface area contributed by atoms with E-state index in [2.05, 4.69) is 11.6 Å². The number of rotatable bonds is 6. The van der Waals surface area contributed by atoms with E-state index >= 15 is 0 Å². The van der Waals surface area contributed by atoms with E-state index in [1.807, 2.05) is 0 Å². The van der Waals surface area contributed by atoms with Gasteiger partial charge in [-0.25, -0.2) is 13.1 Å². The molecule has 0 aromatic carbocycles. The molecule has 0 radical (unpaired) electrons. The van der Waals surface area contributed by atoms with E-state index in [-0.39, 0.29) is 18.5 Å². The van der Waals surface area contributed by atoms with Gasteiger partial charge in [0.25, 0.3) is 0 Å². The molecule has 3 fully saturated rings. The molecule has 0 bridgehead atoms. The Labute approximate surface area is 149 Å². The van der Waals surface area contributed by atoms with Gasteiger partial charge in [0, 0.05) is 19.1 Å². The van der Waals surface area contributed by atoms with Crippen molar-refractivity contribution >= 4 is 21.9 Å². The number of carbonyl (C=O) groups is 2. The molecule has 142 valence electrons. The number of hydrogen-bond acceptors (Lipinski definition) is 4. The zero-order valence-electron chi connectivity index (χ0n) is 14.7. The fraction of sp³-hybridized carbons (Fsp3) is 0.882. The minimum atomic E-state index is -3.68. The largest absolute Gasteiger partial charge is 0.481 e. The molecule has 1 aliphatic heterocycles. The Kier molecular flexibility index (Phi) is 5.39. The highest BCUT2D eigenvalue weighted by atomic mass is 32.2. The van der Waals surface area contributed by atoms with E-state index in [9.17, 15) is 23.1 Å². The van der Waals surface area contributed by atoms with Crippen molar-refractivity contribution in [2.45, 2.75) is 51.5 Å². The smallest absolute Gasteiger partial charge is 0.308 e. The first-order chi connectivity index (χ1) is 11.7. The molecule has 0 spiro atoms. The summed E-state index contributed by atoms with van der Waals surface area (Å²) in [5.41, 5.74) is 0. The number of likely N-dealkylation sites (tertiary alicyclic amines) is 1. The Balaban J connectivity index is 1.55. The Morgan fingerprint density at radius 2 is 1.72 bits per heavy atom. The molecule has 1 amide bonds. The quantitative estimate of drug-likeness (QED) is 0.725. The van der Waals surface area contributed by atoms with Crippen LogP contribution in [-0.4, -0.2) is 55.2 Å². The standard InChI is InChI=1S/C17H28N2O5S/c1-11-2-6-13(7-3-11)18-25(23,24)10-16(20)19-8-14(12-4-5-12)15(9-19)17(21)22/h11-15,18H,2-10H2,1H3,(H,21,22)/t11?,13?,14-,15+/m1/s1. The molecule has 8 heteroatoms. The molecule has 2 saturated carbocycles. The van der Waals surface area contributed by atoms with Crippen LogP contribution in [0.15, 0.2) is 0 Å². The number of carbonyl (C=O) groups excluding carboxylic acids is 1. The fourth-order valence-electron chi connectivity index (χ4n) is 4.22. The van der Waals surface area contributed by atoms with Gasteiger partial charge in [0.15, 0.2) is 0 Å². The van der Waals surface area contributed by atoms with E-state index < -0.39 is 33.6 Å². The number of aliphatic carboxylic acids is 1. The second kappa shape index (κ2) is 7.23. The minimum absolute atomic E-state index is 0.0306. The third kappa shape index (κ3) is 4.73. The fourth-order valence-corrected chi connectivity index (χ4v) is 5.56. The second-order valence-corrected chi connectivity index (χ2v) is 9.83. The van der Waals surface area contributed by atoms with Crippen LogP contribution in [0.4, 0.5) is 0 Å². The van der Waals surface area contributed by atoms with Crippen LogP contribution in [0.25, 0.3) is 0 Å². The van der Waals surface area contributed by atoms with Crippen LogP contribution < -0.4 is 4.72 Å². The molecule has 3 aliphatic rings. The van der Waals surface area contributed by atoms with Crippen LogP contribution in [0.3, 0.4) is 0 Å². The van der Waals surface area contributed by atoms with Crippen molar-refractivity contribution in [3.63, 3.8) is 0 Å². The average Bonchev–Trinajstić information content (AvgIpc) is 3.26. The second-order valence-electron chi connectivity index (χ2n) is 8.08. The lowest BCUT2D eigenvalue weighted by Crippen LogP contribution is -2.43. The van der Waals surface area contributed by atoms with Gasteiger partial charge in [-0.2, -0.15) is 0 Å². The predicted molar refractivity (Wildman–Crippen MR) is 92.3 cm³/mol. The number of hydrogen-bond donors (Lipinski definition) is 2. The summed E-state index contributed by atoms with van der Waals surface area (Å²) in [7, 11) is -3.68. The third-order valence-electron chi connectivity index (χ3n) is 5.94. The van der Waals surface area contributed by atoms with Gasteiger partial charge in [-0.05, 0) is 56.3 Å². The van der Waals surface area contributed by atoms with Gasteiger partial charge >= 0.3 is 5.97 Å². The summed E-state index contributed by atoms with van der Waals surface area (Å²) in [6.07, 6.45) is 5.63. The first kappa shape index (κ1) is 18.6. The maximum atomic E-state index is 12.4. The van der Waals surface area contributed by atoms with Gasteiger partial charge in [-0.15, -0.1) is 0 Å². The monoisotopic (exact) mass is 372 g/mol. The van der Waals surface area contributed by atoms with Crippen molar-refractivity contribution in [1.82, 2.24) is 9.62 Å². The predicted octanol–water partition coefficient (Wildman–Crippen LogP) is 1.05. The van der Waals surface area contributed by atoms with Gasteiger partial charge < -0.3 is 10.0 Å². The molecule has 7 nitrogen and oxygen atoms in total. The molecule has 0 aromatic heterocycles. The van der Waals surface area contributed by atoms with Crippen LogP contribution in [0.2, 0.25) is 0 Å². The summed E-state index contributed by atoms with van der Waals surface area (Å²) >= 11 is 0. The first-order valence-corrected chi connectivity index (χ1v) is 10.9. The summed E-state index contributed by atoms with van der Waals surface area (Å²) < 4.78 is 27.3. The maximum Gasteiger partial charge on any atom is 0.308 e. The van der Waals surface area contributed by atoms with Crippen molar-refractivity contribution in [3.8, 4) is 0 Å². The Hall–Kier alpha value is -1.15. The van der Waals surface area contributed by atoms with Crippen molar-refractivity contribution in [2.24, 2.45) is 23.7 Å². The molecule has 2 aliphatic carbocycles.